The lowest BCUT2D eigenvalue weighted by Gasteiger charge is -2.37. The van der Waals surface area contributed by atoms with Crippen LogP contribution >= 0.6 is 0 Å². The van der Waals surface area contributed by atoms with Gasteiger partial charge in [-0.05, 0) is 11.6 Å². The van der Waals surface area contributed by atoms with E-state index in [1.807, 2.05) is 4.90 Å². The van der Waals surface area contributed by atoms with E-state index in [2.05, 4.69) is 0 Å². The van der Waals surface area contributed by atoms with Gasteiger partial charge < -0.3 is 5.73 Å². The van der Waals surface area contributed by atoms with Crippen LogP contribution in [0.2, 0.25) is 0 Å². The molecular formula is C11H13F3N2. The molecule has 2 nitrogen and oxygen atoms in total. The minimum atomic E-state index is -4.27. The van der Waals surface area contributed by atoms with E-state index in [9.17, 15) is 13.2 Å². The molecule has 2 N–H and O–H groups in total. The zero-order valence-corrected chi connectivity index (χ0v) is 8.67. The minimum absolute atomic E-state index is 0.109. The zero-order valence-electron chi connectivity index (χ0n) is 8.67. The smallest absolute Gasteiger partial charge is 0.325 e. The summed E-state index contributed by atoms with van der Waals surface area (Å²) in [6, 6.07) is 5.79. The summed E-state index contributed by atoms with van der Waals surface area (Å²) in [7, 11) is 0. The molecule has 0 saturated carbocycles. The van der Waals surface area contributed by atoms with Gasteiger partial charge in [0.25, 0.3) is 0 Å². The maximum absolute atomic E-state index is 12.7. The molecule has 88 valence electrons. The van der Waals surface area contributed by atoms with E-state index >= 15 is 0 Å². The Balaban J connectivity index is 2.14. The molecule has 1 fully saturated rings. The topological polar surface area (TPSA) is 29.3 Å². The van der Waals surface area contributed by atoms with Gasteiger partial charge in [-0.3, -0.25) is 4.90 Å². The Morgan fingerprint density at radius 1 is 1.25 bits per heavy atom. The van der Waals surface area contributed by atoms with E-state index in [-0.39, 0.29) is 6.04 Å². The molecule has 2 rings (SSSR count). The minimum Gasteiger partial charge on any atom is -0.325 e. The molecule has 1 aromatic carbocycles. The normalized spacial score (nSPS) is 18.5. The van der Waals surface area contributed by atoms with Crippen LogP contribution in [-0.2, 0) is 12.7 Å². The van der Waals surface area contributed by atoms with Crippen molar-refractivity contribution in [3.63, 3.8) is 0 Å². The van der Waals surface area contributed by atoms with Crippen LogP contribution in [0.4, 0.5) is 13.2 Å². The highest BCUT2D eigenvalue weighted by molar-refractivity contribution is 5.29. The summed E-state index contributed by atoms with van der Waals surface area (Å²) in [6.45, 7) is 1.67. The van der Waals surface area contributed by atoms with Gasteiger partial charge in [0.1, 0.15) is 0 Å². The maximum Gasteiger partial charge on any atom is 0.416 e. The second kappa shape index (κ2) is 4.07. The van der Waals surface area contributed by atoms with E-state index in [0.717, 1.165) is 6.07 Å². The van der Waals surface area contributed by atoms with Crippen molar-refractivity contribution in [3.8, 4) is 0 Å². The van der Waals surface area contributed by atoms with E-state index < -0.39 is 11.7 Å². The summed E-state index contributed by atoms with van der Waals surface area (Å²) in [5.74, 6) is 0. The third-order valence-corrected chi connectivity index (χ3v) is 2.70. The number of halogens is 3. The molecule has 16 heavy (non-hydrogen) atoms. The number of hydrogen-bond acceptors (Lipinski definition) is 2. The van der Waals surface area contributed by atoms with Crippen molar-refractivity contribution in [3.05, 3.63) is 35.4 Å². The molecule has 1 aliphatic rings. The monoisotopic (exact) mass is 230 g/mol. The van der Waals surface area contributed by atoms with Crippen molar-refractivity contribution in [2.24, 2.45) is 5.73 Å². The van der Waals surface area contributed by atoms with Crippen LogP contribution in [0.3, 0.4) is 0 Å². The zero-order chi connectivity index (χ0) is 11.8. The fourth-order valence-corrected chi connectivity index (χ4v) is 1.91. The summed E-state index contributed by atoms with van der Waals surface area (Å²) < 4.78 is 38.0. The average Bonchev–Trinajstić information content (AvgIpc) is 2.14. The van der Waals surface area contributed by atoms with Gasteiger partial charge in [0, 0.05) is 25.7 Å². The first-order valence-electron chi connectivity index (χ1n) is 5.10. The van der Waals surface area contributed by atoms with Gasteiger partial charge in [0.05, 0.1) is 5.56 Å². The molecule has 0 unspecified atom stereocenters. The molecular weight excluding hydrogens is 217 g/mol. The Labute approximate surface area is 91.8 Å². The van der Waals surface area contributed by atoms with E-state index in [1.165, 1.54) is 12.1 Å². The third kappa shape index (κ3) is 2.36. The summed E-state index contributed by atoms with van der Waals surface area (Å²) in [6.07, 6.45) is -4.27. The van der Waals surface area contributed by atoms with Crippen LogP contribution in [0.5, 0.6) is 0 Å². The van der Waals surface area contributed by atoms with Crippen molar-refractivity contribution in [2.45, 2.75) is 18.8 Å². The van der Waals surface area contributed by atoms with Crippen LogP contribution in [0.25, 0.3) is 0 Å². The molecule has 0 bridgehead atoms. The van der Waals surface area contributed by atoms with Gasteiger partial charge in [0.2, 0.25) is 0 Å². The predicted molar refractivity (Wildman–Crippen MR) is 54.7 cm³/mol. The van der Waals surface area contributed by atoms with Gasteiger partial charge in [-0.2, -0.15) is 13.2 Å². The fraction of sp³-hybridized carbons (Fsp3) is 0.455. The lowest BCUT2D eigenvalue weighted by molar-refractivity contribution is -0.138. The number of benzene rings is 1. The first kappa shape index (κ1) is 11.4. The quantitative estimate of drug-likeness (QED) is 0.840. The first-order chi connectivity index (χ1) is 7.47. The number of likely N-dealkylation sites (tertiary alicyclic amines) is 1. The summed E-state index contributed by atoms with van der Waals surface area (Å²) in [5.41, 5.74) is 5.36. The SMILES string of the molecule is NC1CN(Cc2ccccc2C(F)(F)F)C1. The second-order valence-electron chi connectivity index (χ2n) is 4.11. The van der Waals surface area contributed by atoms with Crippen LogP contribution < -0.4 is 5.73 Å². The lowest BCUT2D eigenvalue weighted by Crippen LogP contribution is -2.55. The maximum atomic E-state index is 12.7. The Hall–Kier alpha value is -1.07. The number of hydrogen-bond donors (Lipinski definition) is 1. The predicted octanol–water partition coefficient (Wildman–Crippen LogP) is 1.85. The second-order valence-corrected chi connectivity index (χ2v) is 4.11. The highest BCUT2D eigenvalue weighted by Gasteiger charge is 2.34. The fourth-order valence-electron chi connectivity index (χ4n) is 1.91. The summed E-state index contributed by atoms with van der Waals surface area (Å²) in [5, 5.41) is 0. The van der Waals surface area contributed by atoms with Crippen LogP contribution in [0.15, 0.2) is 24.3 Å². The van der Waals surface area contributed by atoms with Crippen molar-refractivity contribution >= 4 is 0 Å². The summed E-state index contributed by atoms with van der Waals surface area (Å²) in [4.78, 5) is 1.91. The third-order valence-electron chi connectivity index (χ3n) is 2.70. The summed E-state index contributed by atoms with van der Waals surface area (Å²) >= 11 is 0. The largest absolute Gasteiger partial charge is 0.416 e. The molecule has 0 amide bonds. The average molecular weight is 230 g/mol. The molecule has 0 spiro atoms. The van der Waals surface area contributed by atoms with Crippen LogP contribution in [0, 0.1) is 0 Å². The van der Waals surface area contributed by atoms with E-state index in [0.29, 0.717) is 25.2 Å². The van der Waals surface area contributed by atoms with E-state index in [4.69, 9.17) is 5.73 Å². The molecule has 1 aliphatic heterocycles. The molecule has 0 aromatic heterocycles. The van der Waals surface area contributed by atoms with E-state index in [1.54, 1.807) is 6.07 Å². The molecule has 0 radical (unpaired) electrons. The first-order valence-corrected chi connectivity index (χ1v) is 5.10. The number of rotatable bonds is 2. The Bertz CT molecular complexity index is 370. The van der Waals surface area contributed by atoms with Gasteiger partial charge in [-0.1, -0.05) is 18.2 Å². The lowest BCUT2D eigenvalue weighted by atomic mass is 10.0. The standard InChI is InChI=1S/C11H13F3N2/c12-11(13,14)10-4-2-1-3-8(10)5-16-6-9(15)7-16/h1-4,9H,5-7,15H2. The molecule has 0 atom stereocenters. The molecule has 1 heterocycles. The highest BCUT2D eigenvalue weighted by atomic mass is 19.4. The van der Waals surface area contributed by atoms with Gasteiger partial charge in [-0.25, -0.2) is 0 Å². The number of nitrogens with zero attached hydrogens (tertiary/aromatic N) is 1. The van der Waals surface area contributed by atoms with Crippen LogP contribution in [-0.4, -0.2) is 24.0 Å². The number of alkyl halides is 3. The number of nitrogens with two attached hydrogens (primary N) is 1. The van der Waals surface area contributed by atoms with Crippen molar-refractivity contribution in [1.29, 1.82) is 0 Å². The van der Waals surface area contributed by atoms with Gasteiger partial charge in [0.15, 0.2) is 0 Å². The molecule has 1 aromatic rings. The highest BCUT2D eigenvalue weighted by Crippen LogP contribution is 2.32. The van der Waals surface area contributed by atoms with Crippen molar-refractivity contribution in [2.75, 3.05) is 13.1 Å². The molecule has 0 aliphatic carbocycles. The molecule has 1 saturated heterocycles. The Kier molecular flexibility index (Phi) is 2.90. The van der Waals surface area contributed by atoms with Gasteiger partial charge in [-0.15, -0.1) is 0 Å². The van der Waals surface area contributed by atoms with Crippen molar-refractivity contribution < 1.29 is 13.2 Å². The Morgan fingerprint density at radius 3 is 2.44 bits per heavy atom. The van der Waals surface area contributed by atoms with Crippen molar-refractivity contribution in [1.82, 2.24) is 4.90 Å². The van der Waals surface area contributed by atoms with Gasteiger partial charge >= 0.3 is 6.18 Å². The Morgan fingerprint density at radius 2 is 1.88 bits per heavy atom. The molecule has 5 heteroatoms. The van der Waals surface area contributed by atoms with Crippen LogP contribution in [0.1, 0.15) is 11.1 Å².